The van der Waals surface area contributed by atoms with Crippen LogP contribution in [0.3, 0.4) is 0 Å². The first-order valence-corrected chi connectivity index (χ1v) is 11.7. The number of quaternary nitrogens is 1. The number of carbonyl (C=O) groups excluding carboxylic acids is 2. The molecule has 0 fully saturated rings. The molecular formula is C29H30NO4+. The minimum absolute atomic E-state index is 0.0910. The maximum absolute atomic E-state index is 12.4. The van der Waals surface area contributed by atoms with Crippen molar-refractivity contribution in [3.05, 3.63) is 107 Å². The second kappa shape index (κ2) is 10.1. The fraction of sp³-hybridized carbons (Fsp3) is 0.276. The third kappa shape index (κ3) is 5.15. The topological polar surface area (TPSA) is 71.4 Å². The molecule has 3 aromatic carbocycles. The van der Waals surface area contributed by atoms with Crippen LogP contribution in [0.2, 0.25) is 0 Å². The molecule has 0 heterocycles. The van der Waals surface area contributed by atoms with Crippen molar-refractivity contribution in [1.29, 1.82) is 0 Å². The highest BCUT2D eigenvalue weighted by atomic mass is 16.4. The number of hydrogen-bond donors (Lipinski definition) is 1. The van der Waals surface area contributed by atoms with Gasteiger partial charge in [-0.25, -0.2) is 9.59 Å². The van der Waals surface area contributed by atoms with Gasteiger partial charge in [-0.15, -0.1) is 0 Å². The summed E-state index contributed by atoms with van der Waals surface area (Å²) in [6, 6.07) is 25.9. The lowest BCUT2D eigenvalue weighted by atomic mass is 9.80. The predicted octanol–water partition coefficient (Wildman–Crippen LogP) is 4.49. The van der Waals surface area contributed by atoms with E-state index in [2.05, 4.69) is 24.3 Å². The number of Topliss-reactive ketones (excluding diaryl/α,β-unsaturated/α-hetero) is 1. The van der Waals surface area contributed by atoms with E-state index in [-0.39, 0.29) is 16.3 Å². The second-order valence-corrected chi connectivity index (χ2v) is 9.51. The lowest BCUT2D eigenvalue weighted by molar-refractivity contribution is -0.830. The van der Waals surface area contributed by atoms with Crippen LogP contribution in [0.5, 0.6) is 0 Å². The van der Waals surface area contributed by atoms with Crippen LogP contribution in [0.15, 0.2) is 78.9 Å². The van der Waals surface area contributed by atoms with Crippen LogP contribution in [0.1, 0.15) is 45.0 Å². The highest BCUT2D eigenvalue weighted by Crippen LogP contribution is 2.32. The van der Waals surface area contributed by atoms with E-state index in [9.17, 15) is 14.4 Å². The summed E-state index contributed by atoms with van der Waals surface area (Å²) in [4.78, 5) is 35.8. The Labute approximate surface area is 200 Å². The Morgan fingerprint density at radius 3 is 2.15 bits per heavy atom. The zero-order valence-corrected chi connectivity index (χ0v) is 19.4. The van der Waals surface area contributed by atoms with E-state index >= 15 is 0 Å². The van der Waals surface area contributed by atoms with Gasteiger partial charge >= 0.3 is 12.4 Å². The van der Waals surface area contributed by atoms with Gasteiger partial charge in [0.1, 0.15) is 0 Å². The molecule has 2 unspecified atom stereocenters. The predicted molar refractivity (Wildman–Crippen MR) is 131 cm³/mol. The summed E-state index contributed by atoms with van der Waals surface area (Å²) in [7, 11) is 1.99. The maximum Gasteiger partial charge on any atom is 0.377 e. The molecule has 3 aromatic rings. The number of aliphatic carboxylic acids is 1. The zero-order valence-electron chi connectivity index (χ0n) is 19.4. The van der Waals surface area contributed by atoms with Gasteiger partial charge in [-0.3, -0.25) is 9.28 Å². The number of rotatable bonds is 9. The number of nitrogens with zero attached hydrogens (tertiary/aromatic N) is 1. The number of carboxylic acids is 1. The highest BCUT2D eigenvalue weighted by Gasteiger charge is 2.34. The van der Waals surface area contributed by atoms with Crippen LogP contribution in [0.25, 0.3) is 0 Å². The number of ketones is 1. The lowest BCUT2D eigenvalue weighted by Crippen LogP contribution is -2.49. The molecule has 5 heteroatoms. The van der Waals surface area contributed by atoms with E-state index in [1.807, 2.05) is 49.5 Å². The van der Waals surface area contributed by atoms with Gasteiger partial charge in [0.25, 0.3) is 5.78 Å². The smallest absolute Gasteiger partial charge is 0.377 e. The maximum atomic E-state index is 12.4. The van der Waals surface area contributed by atoms with Gasteiger partial charge in [-0.1, -0.05) is 78.9 Å². The summed E-state index contributed by atoms with van der Waals surface area (Å²) >= 11 is 0. The summed E-state index contributed by atoms with van der Waals surface area (Å²) in [6.45, 7) is 1.34. The molecule has 0 radical (unpaired) electrons. The number of hydrogen-bond acceptors (Lipinski definition) is 3. The van der Waals surface area contributed by atoms with Crippen LogP contribution in [0.4, 0.5) is 0 Å². The number of likely N-dealkylation sites (N-methyl/N-ethyl adjacent to an activating group) is 1. The van der Waals surface area contributed by atoms with E-state index in [0.717, 1.165) is 30.4 Å². The van der Waals surface area contributed by atoms with Crippen molar-refractivity contribution in [3.8, 4) is 0 Å². The fourth-order valence-electron chi connectivity index (χ4n) is 5.31. The summed E-state index contributed by atoms with van der Waals surface area (Å²) in [5.74, 6) is -1.91. The van der Waals surface area contributed by atoms with E-state index in [1.54, 1.807) is 12.1 Å². The SMILES string of the molecule is C[N+](C=O)(CC1CCc2c(cccc2C(=O)C(=O)O)C1)CC(c1ccccc1)c1ccccc1. The Bertz CT molecular complexity index is 1140. The van der Waals surface area contributed by atoms with Crippen molar-refractivity contribution in [2.75, 3.05) is 20.1 Å². The minimum atomic E-state index is -1.42. The van der Waals surface area contributed by atoms with Gasteiger partial charge in [-0.05, 0) is 41.5 Å². The van der Waals surface area contributed by atoms with E-state index in [1.165, 1.54) is 11.1 Å². The Morgan fingerprint density at radius 1 is 0.971 bits per heavy atom. The van der Waals surface area contributed by atoms with Gasteiger partial charge in [0.15, 0.2) is 0 Å². The van der Waals surface area contributed by atoms with Crippen LogP contribution in [0, 0.1) is 5.92 Å². The molecular weight excluding hydrogens is 426 g/mol. The Kier molecular flexibility index (Phi) is 7.03. The van der Waals surface area contributed by atoms with Crippen LogP contribution >= 0.6 is 0 Å². The van der Waals surface area contributed by atoms with E-state index < -0.39 is 11.8 Å². The normalized spacial score (nSPS) is 16.9. The quantitative estimate of drug-likeness (QED) is 0.223. The standard InChI is InChI=1S/C29H29NO4/c1-30(20-31,19-27(22-9-4-2-5-10-22)23-11-6-3-7-12-23)18-21-15-16-25-24(17-21)13-8-14-26(25)28(32)29(33)34/h2-14,20-21,27H,15-19H2,1H3/p+1. The molecule has 174 valence electrons. The third-order valence-corrected chi connectivity index (χ3v) is 6.96. The summed E-state index contributed by atoms with van der Waals surface area (Å²) in [5, 5.41) is 9.15. The Morgan fingerprint density at radius 2 is 1.59 bits per heavy atom. The lowest BCUT2D eigenvalue weighted by Gasteiger charge is -2.36. The van der Waals surface area contributed by atoms with Crippen LogP contribution in [-0.2, 0) is 22.4 Å². The molecule has 1 N–H and O–H groups in total. The molecule has 0 bridgehead atoms. The molecule has 1 amide bonds. The fourth-order valence-corrected chi connectivity index (χ4v) is 5.31. The molecule has 0 aliphatic heterocycles. The molecule has 0 aromatic heterocycles. The average molecular weight is 457 g/mol. The largest absolute Gasteiger partial charge is 0.475 e. The van der Waals surface area contributed by atoms with Gasteiger partial charge in [0, 0.05) is 11.5 Å². The van der Waals surface area contributed by atoms with Crippen molar-refractivity contribution in [2.45, 2.75) is 25.2 Å². The van der Waals surface area contributed by atoms with Crippen molar-refractivity contribution in [2.24, 2.45) is 5.92 Å². The number of benzene rings is 3. The first kappa shape index (κ1) is 23.6. The van der Waals surface area contributed by atoms with Crippen molar-refractivity contribution in [3.63, 3.8) is 0 Å². The Hall–Kier alpha value is -3.57. The van der Waals surface area contributed by atoms with Crippen molar-refractivity contribution < 1.29 is 24.0 Å². The minimum Gasteiger partial charge on any atom is -0.475 e. The third-order valence-electron chi connectivity index (χ3n) is 6.96. The average Bonchev–Trinajstić information content (AvgIpc) is 2.87. The number of fused-ring (bicyclic) bond motifs is 1. The number of carboxylic acid groups (broad SMARTS) is 1. The first-order valence-electron chi connectivity index (χ1n) is 11.7. The Balaban J connectivity index is 1.56. The second-order valence-electron chi connectivity index (χ2n) is 9.51. The molecule has 34 heavy (non-hydrogen) atoms. The van der Waals surface area contributed by atoms with Gasteiger partial charge in [-0.2, -0.15) is 0 Å². The summed E-state index contributed by atoms with van der Waals surface area (Å²) < 4.78 is 0.280. The van der Waals surface area contributed by atoms with Gasteiger partial charge in [0.05, 0.1) is 26.1 Å². The van der Waals surface area contributed by atoms with Gasteiger partial charge < -0.3 is 5.11 Å². The van der Waals surface area contributed by atoms with Crippen molar-refractivity contribution >= 4 is 18.2 Å². The van der Waals surface area contributed by atoms with Crippen LogP contribution in [-0.4, -0.2) is 47.9 Å². The molecule has 1 aliphatic carbocycles. The molecule has 0 saturated heterocycles. The monoisotopic (exact) mass is 456 g/mol. The van der Waals surface area contributed by atoms with E-state index in [0.29, 0.717) is 25.1 Å². The zero-order chi connectivity index (χ0) is 24.1. The molecule has 0 saturated carbocycles. The first-order chi connectivity index (χ1) is 16.4. The molecule has 1 aliphatic rings. The van der Waals surface area contributed by atoms with E-state index in [4.69, 9.17) is 5.11 Å². The highest BCUT2D eigenvalue weighted by molar-refractivity contribution is 6.40. The van der Waals surface area contributed by atoms with Gasteiger partial charge in [0.2, 0.25) is 0 Å². The molecule has 5 nitrogen and oxygen atoms in total. The van der Waals surface area contributed by atoms with Crippen LogP contribution < -0.4 is 0 Å². The van der Waals surface area contributed by atoms with Crippen molar-refractivity contribution in [1.82, 2.24) is 0 Å². The number of amides is 1. The summed E-state index contributed by atoms with van der Waals surface area (Å²) in [5.41, 5.74) is 4.53. The molecule has 0 spiro atoms. The molecule has 4 rings (SSSR count). The molecule has 2 atom stereocenters. The number of carbonyl (C=O) groups is 3. The summed E-state index contributed by atoms with van der Waals surface area (Å²) in [6.07, 6.45) is 3.26.